The summed E-state index contributed by atoms with van der Waals surface area (Å²) in [6.45, 7) is -0.0590. The number of alkyl halides is 3. The first-order valence-electron chi connectivity index (χ1n) is 8.72. The fraction of sp³-hybridized carbons (Fsp3) is 0.167. The Kier molecular flexibility index (Phi) is 6.71. The van der Waals surface area contributed by atoms with Crippen LogP contribution in [0.3, 0.4) is 0 Å². The van der Waals surface area contributed by atoms with E-state index < -0.39 is 33.9 Å². The molecule has 32 heavy (non-hydrogen) atoms. The number of nitrogens with one attached hydrogen (secondary N) is 3. The molecule has 1 amide bonds. The number of carbonyl (C=O) groups excluding carboxylic acids is 1. The minimum atomic E-state index is -4.77. The lowest BCUT2D eigenvalue weighted by Crippen LogP contribution is -2.24. The highest BCUT2D eigenvalue weighted by Crippen LogP contribution is 2.27. The molecule has 0 fully saturated rings. The van der Waals surface area contributed by atoms with E-state index in [1.54, 1.807) is 29.4 Å². The van der Waals surface area contributed by atoms with Crippen LogP contribution in [-0.4, -0.2) is 36.6 Å². The van der Waals surface area contributed by atoms with Gasteiger partial charge in [0, 0.05) is 17.1 Å². The molecule has 0 atom stereocenters. The number of carbonyl (C=O) groups is 1. The van der Waals surface area contributed by atoms with Crippen molar-refractivity contribution in [2.75, 3.05) is 12.4 Å². The molecule has 0 spiro atoms. The number of aromatic nitrogens is 3. The van der Waals surface area contributed by atoms with Crippen molar-refractivity contribution in [2.45, 2.75) is 17.6 Å². The SMILES string of the molecule is COc1ccc(C(=O)Nc2n[nH]c(C(F)(F)F)n2)cc1S(=O)(=O)NCc1ccc(Cl)cc1. The number of H-pyrrole nitrogens is 1. The second-order valence-electron chi connectivity index (χ2n) is 6.28. The molecule has 0 saturated heterocycles. The van der Waals surface area contributed by atoms with Gasteiger partial charge in [-0.05, 0) is 35.9 Å². The van der Waals surface area contributed by atoms with E-state index in [0.717, 1.165) is 6.07 Å². The second kappa shape index (κ2) is 9.14. The van der Waals surface area contributed by atoms with Crippen molar-refractivity contribution in [1.29, 1.82) is 0 Å². The van der Waals surface area contributed by atoms with Crippen LogP contribution in [0.5, 0.6) is 5.75 Å². The van der Waals surface area contributed by atoms with Gasteiger partial charge in [0.05, 0.1) is 7.11 Å². The maximum Gasteiger partial charge on any atom is 0.451 e. The molecule has 3 N–H and O–H groups in total. The quantitative estimate of drug-likeness (QED) is 0.468. The molecule has 9 nitrogen and oxygen atoms in total. The summed E-state index contributed by atoms with van der Waals surface area (Å²) in [7, 11) is -2.88. The average Bonchev–Trinajstić information content (AvgIpc) is 3.22. The minimum absolute atomic E-state index is 0.0394. The summed E-state index contributed by atoms with van der Waals surface area (Å²) in [6, 6.07) is 9.98. The van der Waals surface area contributed by atoms with E-state index in [9.17, 15) is 26.4 Å². The first kappa shape index (κ1) is 23.5. The number of halogens is 4. The summed E-state index contributed by atoms with van der Waals surface area (Å²) in [5, 5.41) is 7.49. The topological polar surface area (TPSA) is 126 Å². The van der Waals surface area contributed by atoms with Crippen LogP contribution in [0.15, 0.2) is 47.4 Å². The molecular weight excluding hydrogens is 475 g/mol. The van der Waals surface area contributed by atoms with Crippen molar-refractivity contribution in [2.24, 2.45) is 0 Å². The van der Waals surface area contributed by atoms with Gasteiger partial charge in [0.2, 0.25) is 21.8 Å². The van der Waals surface area contributed by atoms with Gasteiger partial charge in [-0.3, -0.25) is 15.2 Å². The van der Waals surface area contributed by atoms with Crippen LogP contribution >= 0.6 is 11.6 Å². The van der Waals surface area contributed by atoms with Crippen molar-refractivity contribution in [3.05, 3.63) is 64.4 Å². The summed E-state index contributed by atoms with van der Waals surface area (Å²) in [5.74, 6) is -2.97. The van der Waals surface area contributed by atoms with Crippen LogP contribution < -0.4 is 14.8 Å². The normalized spacial score (nSPS) is 11.9. The van der Waals surface area contributed by atoms with Crippen molar-refractivity contribution in [3.8, 4) is 5.75 Å². The molecule has 0 radical (unpaired) electrons. The van der Waals surface area contributed by atoms with E-state index >= 15 is 0 Å². The van der Waals surface area contributed by atoms with E-state index in [2.05, 4.69) is 20.1 Å². The third kappa shape index (κ3) is 5.55. The highest BCUT2D eigenvalue weighted by molar-refractivity contribution is 7.89. The Balaban J connectivity index is 1.81. The highest BCUT2D eigenvalue weighted by atomic mass is 35.5. The number of sulfonamides is 1. The maximum atomic E-state index is 12.8. The number of benzene rings is 2. The summed E-state index contributed by atoms with van der Waals surface area (Å²) in [6.07, 6.45) is -4.77. The smallest absolute Gasteiger partial charge is 0.451 e. The van der Waals surface area contributed by atoms with Gasteiger partial charge in [0.15, 0.2) is 0 Å². The Morgan fingerprint density at radius 3 is 2.47 bits per heavy atom. The molecule has 14 heteroatoms. The first-order chi connectivity index (χ1) is 15.0. The van der Waals surface area contributed by atoms with Crippen LogP contribution in [0, 0.1) is 0 Å². The lowest BCUT2D eigenvalue weighted by molar-refractivity contribution is -0.144. The number of nitrogens with zero attached hydrogens (tertiary/aromatic N) is 2. The number of hydrogen-bond donors (Lipinski definition) is 3. The van der Waals surface area contributed by atoms with Gasteiger partial charge in [0.1, 0.15) is 10.6 Å². The Labute approximate surface area is 185 Å². The first-order valence-corrected chi connectivity index (χ1v) is 10.6. The zero-order chi connectivity index (χ0) is 23.5. The molecule has 0 aliphatic heterocycles. The molecule has 2 aromatic carbocycles. The lowest BCUT2D eigenvalue weighted by atomic mass is 10.2. The van der Waals surface area contributed by atoms with E-state index in [-0.39, 0.29) is 22.8 Å². The molecule has 0 aliphatic rings. The summed E-state index contributed by atoms with van der Waals surface area (Å²) >= 11 is 5.81. The Morgan fingerprint density at radius 2 is 1.88 bits per heavy atom. The zero-order valence-corrected chi connectivity index (χ0v) is 17.8. The number of amides is 1. The molecule has 170 valence electrons. The monoisotopic (exact) mass is 489 g/mol. The molecule has 0 unspecified atom stereocenters. The zero-order valence-electron chi connectivity index (χ0n) is 16.2. The molecule has 1 aromatic heterocycles. The number of hydrogen-bond acceptors (Lipinski definition) is 6. The average molecular weight is 490 g/mol. The van der Waals surface area contributed by atoms with Crippen molar-refractivity contribution in [3.63, 3.8) is 0 Å². The fourth-order valence-corrected chi connectivity index (χ4v) is 3.84. The van der Waals surface area contributed by atoms with Gasteiger partial charge in [-0.2, -0.15) is 18.2 Å². The van der Waals surface area contributed by atoms with E-state index in [0.29, 0.717) is 10.6 Å². The number of rotatable bonds is 7. The van der Waals surface area contributed by atoms with Crippen LogP contribution in [-0.2, 0) is 22.7 Å². The molecule has 0 aliphatic carbocycles. The van der Waals surface area contributed by atoms with E-state index in [1.807, 2.05) is 0 Å². The molecule has 3 aromatic rings. The summed E-state index contributed by atoms with van der Waals surface area (Å²) in [4.78, 5) is 15.2. The standard InChI is InChI=1S/C18H15ClF3N5O4S/c1-31-13-7-4-11(15(28)24-17-25-16(26-27-17)18(20,21)22)8-14(13)32(29,30)23-9-10-2-5-12(19)6-3-10/h2-8,23H,9H2,1H3,(H2,24,25,26,27,28). The van der Waals surface area contributed by atoms with E-state index in [4.69, 9.17) is 16.3 Å². The van der Waals surface area contributed by atoms with E-state index in [1.165, 1.54) is 19.2 Å². The van der Waals surface area contributed by atoms with Crippen LogP contribution in [0.1, 0.15) is 21.7 Å². The second-order valence-corrected chi connectivity index (χ2v) is 8.45. The van der Waals surface area contributed by atoms with Gasteiger partial charge in [-0.1, -0.05) is 23.7 Å². The maximum absolute atomic E-state index is 12.8. The van der Waals surface area contributed by atoms with Gasteiger partial charge < -0.3 is 4.74 Å². The van der Waals surface area contributed by atoms with Gasteiger partial charge in [-0.15, -0.1) is 5.10 Å². The van der Waals surface area contributed by atoms with Crippen molar-refractivity contribution in [1.82, 2.24) is 19.9 Å². The third-order valence-corrected chi connectivity index (χ3v) is 5.75. The fourth-order valence-electron chi connectivity index (χ4n) is 2.50. The predicted octanol–water partition coefficient (Wildman–Crippen LogP) is 3.22. The Bertz CT molecular complexity index is 1230. The number of ether oxygens (including phenoxy) is 1. The summed E-state index contributed by atoms with van der Waals surface area (Å²) < 4.78 is 70.9. The van der Waals surface area contributed by atoms with Crippen molar-refractivity contribution >= 4 is 33.5 Å². The molecule has 3 rings (SSSR count). The van der Waals surface area contributed by atoms with Gasteiger partial charge >= 0.3 is 6.18 Å². The van der Waals surface area contributed by atoms with Crippen LogP contribution in [0.2, 0.25) is 5.02 Å². The van der Waals surface area contributed by atoms with Crippen molar-refractivity contribution < 1.29 is 31.1 Å². The molecular formula is C18H15ClF3N5O4S. The number of aromatic amines is 1. The Hall–Kier alpha value is -3.16. The summed E-state index contributed by atoms with van der Waals surface area (Å²) in [5.41, 5.74) is 0.465. The minimum Gasteiger partial charge on any atom is -0.495 e. The van der Waals surface area contributed by atoms with Gasteiger partial charge in [0.25, 0.3) is 5.91 Å². The molecule has 0 bridgehead atoms. The van der Waals surface area contributed by atoms with Crippen LogP contribution in [0.4, 0.5) is 19.1 Å². The highest BCUT2D eigenvalue weighted by Gasteiger charge is 2.35. The Morgan fingerprint density at radius 1 is 1.19 bits per heavy atom. The number of methoxy groups -OCH3 is 1. The third-order valence-electron chi connectivity index (χ3n) is 4.07. The lowest BCUT2D eigenvalue weighted by Gasteiger charge is -2.12. The molecule has 0 saturated carbocycles. The predicted molar refractivity (Wildman–Crippen MR) is 108 cm³/mol. The van der Waals surface area contributed by atoms with Gasteiger partial charge in [-0.25, -0.2) is 13.1 Å². The van der Waals surface area contributed by atoms with Crippen LogP contribution in [0.25, 0.3) is 0 Å². The largest absolute Gasteiger partial charge is 0.495 e. The molecule has 1 heterocycles. The number of anilines is 1.